The van der Waals surface area contributed by atoms with Crippen molar-refractivity contribution < 1.29 is 0 Å². The lowest BCUT2D eigenvalue weighted by Crippen LogP contribution is -2.28. The van der Waals surface area contributed by atoms with Gasteiger partial charge in [0.1, 0.15) is 11.3 Å². The number of thiazole rings is 1. The number of pyridine rings is 2. The Morgan fingerprint density at radius 1 is 1.02 bits per heavy atom. The van der Waals surface area contributed by atoms with Crippen molar-refractivity contribution in [1.82, 2.24) is 39.7 Å². The maximum Gasteiger partial charge on any atom is 0.167 e. The summed E-state index contributed by atoms with van der Waals surface area (Å²) in [5.74, 6) is 0.705. The van der Waals surface area contributed by atoms with Crippen LogP contribution in [0.5, 0.6) is 0 Å². The smallest absolute Gasteiger partial charge is 0.167 e. The van der Waals surface area contributed by atoms with Gasteiger partial charge in [-0.2, -0.15) is 10.2 Å². The quantitative estimate of drug-likeness (QED) is 0.234. The summed E-state index contributed by atoms with van der Waals surface area (Å²) in [7, 11) is 0. The molecule has 0 saturated carbocycles. The topological polar surface area (TPSA) is 114 Å². The van der Waals surface area contributed by atoms with E-state index in [1.807, 2.05) is 66.4 Å². The van der Waals surface area contributed by atoms with E-state index in [2.05, 4.69) is 37.2 Å². The van der Waals surface area contributed by atoms with Crippen LogP contribution in [-0.2, 0) is 19.5 Å². The molecule has 0 radical (unpaired) electrons. The van der Waals surface area contributed by atoms with Gasteiger partial charge in [0, 0.05) is 56.2 Å². The Bertz CT molecular complexity index is 1710. The molecule has 5 aromatic heterocycles. The summed E-state index contributed by atoms with van der Waals surface area (Å²) >= 11 is 7.71. The largest absolute Gasteiger partial charge is 0.329 e. The van der Waals surface area contributed by atoms with Crippen LogP contribution in [0.25, 0.3) is 26.8 Å². The summed E-state index contributed by atoms with van der Waals surface area (Å²) in [6.07, 6.45) is 7.84. The minimum Gasteiger partial charge on any atom is -0.329 e. The predicted molar refractivity (Wildman–Crippen MR) is 158 cm³/mol. The van der Waals surface area contributed by atoms with E-state index < -0.39 is 0 Å². The van der Waals surface area contributed by atoms with Crippen molar-refractivity contribution in [2.75, 3.05) is 13.1 Å². The van der Waals surface area contributed by atoms with E-state index in [1.165, 1.54) is 17.5 Å². The lowest BCUT2D eigenvalue weighted by molar-refractivity contribution is 0.264. The van der Waals surface area contributed by atoms with Crippen LogP contribution in [0.3, 0.4) is 0 Å². The van der Waals surface area contributed by atoms with Crippen molar-refractivity contribution in [1.29, 1.82) is 0 Å². The number of aromatic nitrogens is 7. The molecular weight excluding hydrogens is 542 g/mol. The van der Waals surface area contributed by atoms with Crippen molar-refractivity contribution in [3.8, 4) is 21.3 Å². The highest BCUT2D eigenvalue weighted by molar-refractivity contribution is 7.18. The fourth-order valence-electron chi connectivity index (χ4n) is 4.85. The average Bonchev–Trinajstić information content (AvgIpc) is 3.69. The summed E-state index contributed by atoms with van der Waals surface area (Å²) in [6, 6.07) is 16.3. The van der Waals surface area contributed by atoms with E-state index in [4.69, 9.17) is 27.4 Å². The molecule has 0 unspecified atom stereocenters. The summed E-state index contributed by atoms with van der Waals surface area (Å²) in [4.78, 5) is 17.0. The molecule has 0 spiro atoms. The Morgan fingerprint density at radius 3 is 2.58 bits per heavy atom. The van der Waals surface area contributed by atoms with Gasteiger partial charge in [0.25, 0.3) is 0 Å². The molecule has 202 valence electrons. The Hall–Kier alpha value is -3.96. The van der Waals surface area contributed by atoms with E-state index in [1.54, 1.807) is 11.3 Å². The highest BCUT2D eigenvalue weighted by Crippen LogP contribution is 2.38. The second-order valence-corrected chi connectivity index (χ2v) is 11.0. The molecule has 0 aliphatic rings. The van der Waals surface area contributed by atoms with Gasteiger partial charge in [-0.05, 0) is 60.0 Å². The Kier molecular flexibility index (Phi) is 7.65. The van der Waals surface area contributed by atoms with E-state index >= 15 is 0 Å². The molecule has 0 aliphatic heterocycles. The maximum absolute atomic E-state index is 6.12. The van der Waals surface area contributed by atoms with Crippen LogP contribution in [-0.4, -0.2) is 52.8 Å². The van der Waals surface area contributed by atoms with E-state index in [0.29, 0.717) is 23.8 Å². The lowest BCUT2D eigenvalue weighted by atomic mass is 10.1. The van der Waals surface area contributed by atoms with Gasteiger partial charge in [-0.1, -0.05) is 23.7 Å². The van der Waals surface area contributed by atoms with Gasteiger partial charge in [-0.15, -0.1) is 11.3 Å². The number of nitrogens with zero attached hydrogens (tertiary/aromatic N) is 7. The van der Waals surface area contributed by atoms with Gasteiger partial charge in [0.2, 0.25) is 0 Å². The van der Waals surface area contributed by atoms with Crippen LogP contribution >= 0.6 is 22.9 Å². The first-order valence-electron chi connectivity index (χ1n) is 13.0. The molecule has 0 amide bonds. The van der Waals surface area contributed by atoms with Crippen molar-refractivity contribution in [3.63, 3.8) is 0 Å². The van der Waals surface area contributed by atoms with E-state index in [0.717, 1.165) is 57.6 Å². The SMILES string of the molecule is Cc1nn2ccc(CN(CCN)Cc3ccncc3)cc2c1-c1nc(Cc2ccc(Cl)cc2)c(-c2ncn[nH]2)s1. The van der Waals surface area contributed by atoms with Gasteiger partial charge in [-0.3, -0.25) is 15.0 Å². The Labute approximate surface area is 240 Å². The van der Waals surface area contributed by atoms with Crippen molar-refractivity contribution in [2.45, 2.75) is 26.4 Å². The number of rotatable bonds is 10. The average molecular weight is 570 g/mol. The number of halogens is 1. The second-order valence-electron chi connectivity index (χ2n) is 9.61. The number of nitrogens with two attached hydrogens (primary N) is 1. The van der Waals surface area contributed by atoms with Gasteiger partial charge in [0.15, 0.2) is 5.82 Å². The van der Waals surface area contributed by atoms with Crippen LogP contribution in [0.2, 0.25) is 5.02 Å². The fraction of sp³-hybridized carbons (Fsp3) is 0.207. The second kappa shape index (κ2) is 11.6. The minimum atomic E-state index is 0.588. The zero-order valence-electron chi connectivity index (χ0n) is 22.0. The molecule has 5 heterocycles. The molecule has 9 nitrogen and oxygen atoms in total. The molecule has 6 aromatic rings. The molecule has 0 bridgehead atoms. The van der Waals surface area contributed by atoms with Crippen molar-refractivity contribution >= 4 is 28.5 Å². The monoisotopic (exact) mass is 569 g/mol. The number of fused-ring (bicyclic) bond motifs is 1. The third kappa shape index (κ3) is 5.66. The molecule has 3 N–H and O–H groups in total. The number of aromatic amines is 1. The summed E-state index contributed by atoms with van der Waals surface area (Å²) in [5.41, 5.74) is 13.4. The van der Waals surface area contributed by atoms with Crippen LogP contribution in [0, 0.1) is 6.92 Å². The number of H-pyrrole nitrogens is 1. The van der Waals surface area contributed by atoms with Crippen molar-refractivity contribution in [3.05, 3.63) is 107 Å². The third-order valence-electron chi connectivity index (χ3n) is 6.71. The molecule has 0 atom stereocenters. The molecule has 40 heavy (non-hydrogen) atoms. The number of nitrogens with one attached hydrogen (secondary N) is 1. The van der Waals surface area contributed by atoms with Gasteiger partial charge >= 0.3 is 0 Å². The first-order valence-corrected chi connectivity index (χ1v) is 14.2. The number of aryl methyl sites for hydroxylation is 1. The molecular formula is C29H28ClN9S. The minimum absolute atomic E-state index is 0.588. The van der Waals surface area contributed by atoms with Gasteiger partial charge in [-0.25, -0.2) is 14.5 Å². The number of hydrogen-bond donors (Lipinski definition) is 2. The highest BCUT2D eigenvalue weighted by atomic mass is 35.5. The number of hydrogen-bond acceptors (Lipinski definition) is 8. The first kappa shape index (κ1) is 26.3. The van der Waals surface area contributed by atoms with E-state index in [9.17, 15) is 0 Å². The van der Waals surface area contributed by atoms with Crippen molar-refractivity contribution in [2.24, 2.45) is 5.73 Å². The fourth-order valence-corrected chi connectivity index (χ4v) is 6.11. The van der Waals surface area contributed by atoms with Gasteiger partial charge in [0.05, 0.1) is 27.3 Å². The van der Waals surface area contributed by atoms with Gasteiger partial charge < -0.3 is 5.73 Å². The molecule has 0 saturated heterocycles. The Morgan fingerprint density at radius 2 is 1.82 bits per heavy atom. The summed E-state index contributed by atoms with van der Waals surface area (Å²) in [6.45, 7) is 4.98. The first-order chi connectivity index (χ1) is 19.6. The maximum atomic E-state index is 6.12. The lowest BCUT2D eigenvalue weighted by Gasteiger charge is -2.22. The molecule has 0 aliphatic carbocycles. The predicted octanol–water partition coefficient (Wildman–Crippen LogP) is 5.15. The zero-order chi connectivity index (χ0) is 27.5. The Balaban J connectivity index is 1.36. The van der Waals surface area contributed by atoms with E-state index in [-0.39, 0.29) is 0 Å². The van der Waals surface area contributed by atoms with Crippen LogP contribution in [0.15, 0.2) is 73.4 Å². The molecule has 6 rings (SSSR count). The molecule has 11 heteroatoms. The zero-order valence-corrected chi connectivity index (χ0v) is 23.5. The summed E-state index contributed by atoms with van der Waals surface area (Å²) in [5, 5.41) is 13.5. The molecule has 0 fully saturated rings. The van der Waals surface area contributed by atoms with Crippen LogP contribution in [0.4, 0.5) is 0 Å². The third-order valence-corrected chi connectivity index (χ3v) is 8.08. The normalized spacial score (nSPS) is 11.6. The summed E-state index contributed by atoms with van der Waals surface area (Å²) < 4.78 is 1.93. The molecule has 1 aromatic carbocycles. The number of benzene rings is 1. The van der Waals surface area contributed by atoms with Crippen LogP contribution in [0.1, 0.15) is 28.1 Å². The highest BCUT2D eigenvalue weighted by Gasteiger charge is 2.22. The van der Waals surface area contributed by atoms with Crippen LogP contribution < -0.4 is 5.73 Å². The standard InChI is InChI=1S/C29H28ClN9S/c1-19-26(29-35-24(14-20-2-4-23(30)5-3-20)27(40-29)28-33-18-34-36-28)25-15-22(8-12-39(25)37-19)17-38(13-9-31)16-21-6-10-32-11-7-21/h2-8,10-12,15,18H,9,13-14,16-17,31H2,1H3,(H,33,34,36).